The summed E-state index contributed by atoms with van der Waals surface area (Å²) < 4.78 is 0. The number of nitrogens with one attached hydrogen (secondary N) is 1. The maximum Gasteiger partial charge on any atom is 0.269 e. The number of hydrogen-bond donors (Lipinski definition) is 3. The summed E-state index contributed by atoms with van der Waals surface area (Å²) in [6.45, 7) is 0. The lowest BCUT2D eigenvalue weighted by atomic mass is 9.97. The number of carbonyl (C=O) groups is 1. The van der Waals surface area contributed by atoms with E-state index in [2.05, 4.69) is 21.4 Å². The van der Waals surface area contributed by atoms with Crippen molar-refractivity contribution in [3.05, 3.63) is 65.2 Å². The molecule has 3 aromatic heterocycles. The second kappa shape index (κ2) is 6.98. The smallest absolute Gasteiger partial charge is 0.269 e. The van der Waals surface area contributed by atoms with Crippen molar-refractivity contribution in [2.75, 3.05) is 16.8 Å². The van der Waals surface area contributed by atoms with Gasteiger partial charge in [0.2, 0.25) is 0 Å². The predicted molar refractivity (Wildman–Crippen MR) is 111 cm³/mol. The van der Waals surface area contributed by atoms with Gasteiger partial charge in [-0.25, -0.2) is 9.97 Å². The summed E-state index contributed by atoms with van der Waals surface area (Å²) in [4.78, 5) is 21.9. The van der Waals surface area contributed by atoms with Gasteiger partial charge in [0.05, 0.1) is 5.69 Å². The molecule has 0 aliphatic heterocycles. The Balaban J connectivity index is 1.92. The van der Waals surface area contributed by atoms with Crippen LogP contribution in [0.1, 0.15) is 15.2 Å². The summed E-state index contributed by atoms with van der Waals surface area (Å²) in [7, 11) is 0. The highest BCUT2D eigenvalue weighted by Gasteiger charge is 2.24. The van der Waals surface area contributed by atoms with Crippen LogP contribution in [-0.4, -0.2) is 15.9 Å². The maximum atomic E-state index is 12.7. The Morgan fingerprint density at radius 1 is 1.11 bits per heavy atom. The lowest BCUT2D eigenvalue weighted by molar-refractivity contribution is 0.103. The van der Waals surface area contributed by atoms with E-state index in [1.165, 1.54) is 0 Å². The minimum Gasteiger partial charge on any atom is -0.397 e. The summed E-state index contributed by atoms with van der Waals surface area (Å²) in [6.07, 6.45) is 1.58. The third kappa shape index (κ3) is 2.90. The van der Waals surface area contributed by atoms with Crippen molar-refractivity contribution in [3.63, 3.8) is 0 Å². The third-order valence-corrected chi connectivity index (χ3v) is 5.29. The fraction of sp³-hybridized carbons (Fsp3) is 0. The molecule has 0 saturated carbocycles. The first-order valence-corrected chi connectivity index (χ1v) is 9.11. The quantitative estimate of drug-likeness (QED) is 0.492. The number of rotatable bonds is 3. The summed E-state index contributed by atoms with van der Waals surface area (Å²) in [5.74, 6) is 0.125. The maximum absolute atomic E-state index is 12.7. The SMILES string of the molecule is N#Cc1c(N)nc2sc(C(=O)Nc3ccccn3)c(N)c2c1-c1ccccc1. The first-order chi connectivity index (χ1) is 13.6. The number of aromatic nitrogens is 2. The molecule has 5 N–H and O–H groups in total. The zero-order valence-corrected chi connectivity index (χ0v) is 15.3. The van der Waals surface area contributed by atoms with Crippen molar-refractivity contribution in [1.82, 2.24) is 9.97 Å². The lowest BCUT2D eigenvalue weighted by Gasteiger charge is -2.09. The first-order valence-electron chi connectivity index (χ1n) is 8.29. The molecule has 1 aromatic carbocycles. The number of nitrogen functional groups attached to an aromatic ring is 2. The van der Waals surface area contributed by atoms with Crippen LogP contribution in [0, 0.1) is 11.3 Å². The molecule has 0 aliphatic carbocycles. The number of pyridine rings is 2. The van der Waals surface area contributed by atoms with Gasteiger partial charge in [-0.2, -0.15) is 5.26 Å². The summed E-state index contributed by atoms with van der Waals surface area (Å²) in [5.41, 5.74) is 14.2. The molecule has 3 heterocycles. The van der Waals surface area contributed by atoms with Crippen LogP contribution in [0.2, 0.25) is 0 Å². The van der Waals surface area contributed by atoms with Gasteiger partial charge in [0, 0.05) is 17.1 Å². The van der Waals surface area contributed by atoms with Gasteiger partial charge in [-0.15, -0.1) is 11.3 Å². The van der Waals surface area contributed by atoms with Crippen LogP contribution >= 0.6 is 11.3 Å². The molecular weight excluding hydrogens is 372 g/mol. The zero-order chi connectivity index (χ0) is 19.7. The molecule has 0 unspecified atom stereocenters. The minimum absolute atomic E-state index is 0.104. The molecule has 0 bridgehead atoms. The van der Waals surface area contributed by atoms with Crippen LogP contribution in [0.25, 0.3) is 21.3 Å². The molecule has 0 aliphatic rings. The van der Waals surface area contributed by atoms with Gasteiger partial charge < -0.3 is 16.8 Å². The van der Waals surface area contributed by atoms with Crippen molar-refractivity contribution in [2.24, 2.45) is 0 Å². The third-order valence-electron chi connectivity index (χ3n) is 4.19. The van der Waals surface area contributed by atoms with Crippen LogP contribution in [0.4, 0.5) is 17.3 Å². The van der Waals surface area contributed by atoms with Crippen molar-refractivity contribution < 1.29 is 4.79 Å². The first kappa shape index (κ1) is 17.5. The van der Waals surface area contributed by atoms with E-state index in [4.69, 9.17) is 11.5 Å². The number of anilines is 3. The highest BCUT2D eigenvalue weighted by atomic mass is 32.1. The number of nitrogens with zero attached hydrogens (tertiary/aromatic N) is 3. The van der Waals surface area contributed by atoms with Crippen molar-refractivity contribution in [2.45, 2.75) is 0 Å². The fourth-order valence-electron chi connectivity index (χ4n) is 2.96. The average molecular weight is 386 g/mol. The summed E-state index contributed by atoms with van der Waals surface area (Å²) >= 11 is 1.13. The fourth-order valence-corrected chi connectivity index (χ4v) is 3.96. The van der Waals surface area contributed by atoms with Gasteiger partial charge in [0.15, 0.2) is 0 Å². The summed E-state index contributed by atoms with van der Waals surface area (Å²) in [5, 5.41) is 12.9. The van der Waals surface area contributed by atoms with E-state index in [0.717, 1.165) is 16.9 Å². The zero-order valence-electron chi connectivity index (χ0n) is 14.5. The number of nitrogens with two attached hydrogens (primary N) is 2. The molecule has 1 amide bonds. The van der Waals surface area contributed by atoms with E-state index in [1.807, 2.05) is 30.3 Å². The van der Waals surface area contributed by atoms with E-state index in [9.17, 15) is 10.1 Å². The van der Waals surface area contributed by atoms with Gasteiger partial charge in [-0.3, -0.25) is 4.79 Å². The van der Waals surface area contributed by atoms with Crippen LogP contribution < -0.4 is 16.8 Å². The van der Waals surface area contributed by atoms with Crippen molar-refractivity contribution >= 4 is 44.8 Å². The molecule has 8 heteroatoms. The number of thiophene rings is 1. The molecule has 0 radical (unpaired) electrons. The Hall–Kier alpha value is -3.96. The molecule has 28 heavy (non-hydrogen) atoms. The molecule has 0 fully saturated rings. The van der Waals surface area contributed by atoms with Crippen LogP contribution in [-0.2, 0) is 0 Å². The Morgan fingerprint density at radius 3 is 2.54 bits per heavy atom. The van der Waals surface area contributed by atoms with E-state index >= 15 is 0 Å². The van der Waals surface area contributed by atoms with Gasteiger partial charge >= 0.3 is 0 Å². The molecule has 0 saturated heterocycles. The normalized spacial score (nSPS) is 10.5. The number of benzene rings is 1. The highest BCUT2D eigenvalue weighted by Crippen LogP contribution is 2.42. The Morgan fingerprint density at radius 2 is 1.86 bits per heavy atom. The van der Waals surface area contributed by atoms with E-state index in [0.29, 0.717) is 26.5 Å². The van der Waals surface area contributed by atoms with E-state index in [-0.39, 0.29) is 17.1 Å². The number of carbonyl (C=O) groups excluding carboxylic acids is 1. The van der Waals surface area contributed by atoms with Gasteiger partial charge in [-0.05, 0) is 17.7 Å². The Labute approximate surface area is 164 Å². The largest absolute Gasteiger partial charge is 0.397 e. The van der Waals surface area contributed by atoms with Crippen molar-refractivity contribution in [3.8, 4) is 17.2 Å². The standard InChI is InChI=1S/C20H14N6OS/c21-10-12-14(11-6-2-1-3-7-11)15-16(22)17(28-20(15)26-18(12)23)19(27)25-13-8-4-5-9-24-13/h1-9H,22H2,(H2,23,26)(H,24,25,27). The predicted octanol–water partition coefficient (Wildman–Crippen LogP) is 3.65. The number of amides is 1. The minimum atomic E-state index is -0.393. The van der Waals surface area contributed by atoms with Crippen LogP contribution in [0.15, 0.2) is 54.7 Å². The Kier molecular flexibility index (Phi) is 4.35. The van der Waals surface area contributed by atoms with Gasteiger partial charge in [0.25, 0.3) is 5.91 Å². The van der Waals surface area contributed by atoms with Crippen LogP contribution in [0.5, 0.6) is 0 Å². The van der Waals surface area contributed by atoms with Gasteiger partial charge in [0.1, 0.15) is 33.0 Å². The molecule has 0 atom stereocenters. The van der Waals surface area contributed by atoms with Gasteiger partial charge in [-0.1, -0.05) is 36.4 Å². The number of nitriles is 1. The second-order valence-corrected chi connectivity index (χ2v) is 6.92. The second-order valence-electron chi connectivity index (χ2n) is 5.92. The topological polar surface area (TPSA) is 131 Å². The molecule has 0 spiro atoms. The van der Waals surface area contributed by atoms with Crippen molar-refractivity contribution in [1.29, 1.82) is 5.26 Å². The number of fused-ring (bicyclic) bond motifs is 1. The van der Waals surface area contributed by atoms with Crippen LogP contribution in [0.3, 0.4) is 0 Å². The average Bonchev–Trinajstić information content (AvgIpc) is 3.04. The Bertz CT molecular complexity index is 1230. The molecule has 4 aromatic rings. The van der Waals surface area contributed by atoms with E-state index < -0.39 is 5.91 Å². The molecule has 136 valence electrons. The monoisotopic (exact) mass is 386 g/mol. The molecule has 4 rings (SSSR count). The highest BCUT2D eigenvalue weighted by molar-refractivity contribution is 7.21. The number of hydrogen-bond acceptors (Lipinski definition) is 7. The summed E-state index contributed by atoms with van der Waals surface area (Å²) in [6, 6.07) is 16.6. The molecule has 7 nitrogen and oxygen atoms in total. The van der Waals surface area contributed by atoms with E-state index in [1.54, 1.807) is 24.4 Å². The molecular formula is C20H14N6OS. The lowest BCUT2D eigenvalue weighted by Crippen LogP contribution is -2.12.